The lowest BCUT2D eigenvalue weighted by Gasteiger charge is -2.34. The molecule has 1 aliphatic heterocycles. The number of aromatic nitrogens is 3. The number of ether oxygens (including phenoxy) is 1. The number of sulfonamides is 1. The summed E-state index contributed by atoms with van der Waals surface area (Å²) in [6.07, 6.45) is 1.68. The normalized spacial score (nSPS) is 15.5. The minimum absolute atomic E-state index is 0.0500. The van der Waals surface area contributed by atoms with Crippen LogP contribution >= 0.6 is 0 Å². The maximum atomic E-state index is 12.9. The zero-order valence-corrected chi connectivity index (χ0v) is 19.1. The van der Waals surface area contributed by atoms with Crippen molar-refractivity contribution in [1.29, 1.82) is 0 Å². The number of nitrogens with one attached hydrogen (secondary N) is 2. The SMILES string of the molecule is COc1c(C)cnc(CNS(=O)(=O)c2nc3ccc(N4CCN(C)CC4)cc3[nH]2)c1C. The van der Waals surface area contributed by atoms with Gasteiger partial charge in [0, 0.05) is 49.2 Å². The molecule has 0 radical (unpaired) electrons. The van der Waals surface area contributed by atoms with Crippen molar-refractivity contribution in [1.82, 2.24) is 24.6 Å². The van der Waals surface area contributed by atoms with Crippen LogP contribution in [0.1, 0.15) is 16.8 Å². The fourth-order valence-electron chi connectivity index (χ4n) is 3.84. The van der Waals surface area contributed by atoms with Gasteiger partial charge in [-0.1, -0.05) is 0 Å². The van der Waals surface area contributed by atoms with Crippen LogP contribution in [0.3, 0.4) is 0 Å². The van der Waals surface area contributed by atoms with E-state index in [1.165, 1.54) is 0 Å². The van der Waals surface area contributed by atoms with Crippen molar-refractivity contribution in [3.63, 3.8) is 0 Å². The maximum Gasteiger partial charge on any atom is 0.274 e. The Balaban J connectivity index is 1.53. The summed E-state index contributed by atoms with van der Waals surface area (Å²) < 4.78 is 33.7. The number of rotatable bonds is 6. The molecule has 0 spiro atoms. The van der Waals surface area contributed by atoms with Crippen LogP contribution in [0.25, 0.3) is 11.0 Å². The molecule has 0 atom stereocenters. The Morgan fingerprint density at radius 3 is 2.65 bits per heavy atom. The first kappa shape index (κ1) is 21.5. The first-order valence-electron chi connectivity index (χ1n) is 10.2. The van der Waals surface area contributed by atoms with Gasteiger partial charge in [-0.15, -0.1) is 0 Å². The van der Waals surface area contributed by atoms with E-state index < -0.39 is 10.0 Å². The van der Waals surface area contributed by atoms with Crippen LogP contribution in [0, 0.1) is 13.8 Å². The van der Waals surface area contributed by atoms with Crippen LogP contribution in [-0.4, -0.2) is 68.6 Å². The lowest BCUT2D eigenvalue weighted by Crippen LogP contribution is -2.44. The van der Waals surface area contributed by atoms with Gasteiger partial charge in [0.15, 0.2) is 0 Å². The number of aromatic amines is 1. The van der Waals surface area contributed by atoms with Gasteiger partial charge >= 0.3 is 0 Å². The highest BCUT2D eigenvalue weighted by atomic mass is 32.2. The second kappa shape index (κ2) is 8.45. The minimum atomic E-state index is -3.83. The second-order valence-corrected chi connectivity index (χ2v) is 9.59. The molecule has 0 unspecified atom stereocenters. The topological polar surface area (TPSA) is 103 Å². The predicted octanol–water partition coefficient (Wildman–Crippen LogP) is 1.81. The molecule has 166 valence electrons. The Morgan fingerprint density at radius 2 is 1.94 bits per heavy atom. The van der Waals surface area contributed by atoms with Crippen LogP contribution in [0.4, 0.5) is 5.69 Å². The molecule has 1 aromatic carbocycles. The van der Waals surface area contributed by atoms with Gasteiger partial charge in [-0.2, -0.15) is 0 Å². The number of hydrogen-bond donors (Lipinski definition) is 2. The van der Waals surface area contributed by atoms with E-state index in [2.05, 4.69) is 36.5 Å². The lowest BCUT2D eigenvalue weighted by atomic mass is 10.1. The van der Waals surface area contributed by atoms with Gasteiger partial charge in [-0.25, -0.2) is 18.1 Å². The zero-order valence-electron chi connectivity index (χ0n) is 18.3. The number of hydrogen-bond acceptors (Lipinski definition) is 7. The molecular formula is C21H28N6O3S. The number of methoxy groups -OCH3 is 1. The number of benzene rings is 1. The number of imidazole rings is 1. The van der Waals surface area contributed by atoms with Crippen molar-refractivity contribution in [3.05, 3.63) is 41.2 Å². The summed E-state index contributed by atoms with van der Waals surface area (Å²) in [7, 11) is -0.124. The molecule has 10 heteroatoms. The fourth-order valence-corrected chi connectivity index (χ4v) is 4.77. The highest BCUT2D eigenvalue weighted by Gasteiger charge is 2.21. The minimum Gasteiger partial charge on any atom is -0.496 e. The Hall–Kier alpha value is -2.69. The largest absolute Gasteiger partial charge is 0.496 e. The Bertz CT molecular complexity index is 1200. The van der Waals surface area contributed by atoms with E-state index in [4.69, 9.17) is 4.74 Å². The highest BCUT2D eigenvalue weighted by molar-refractivity contribution is 7.89. The first-order valence-corrected chi connectivity index (χ1v) is 11.7. The van der Waals surface area contributed by atoms with E-state index >= 15 is 0 Å². The van der Waals surface area contributed by atoms with E-state index in [1.54, 1.807) is 13.3 Å². The molecule has 0 aliphatic carbocycles. The second-order valence-electron chi connectivity index (χ2n) is 7.90. The average molecular weight is 445 g/mol. The third kappa shape index (κ3) is 4.36. The quantitative estimate of drug-likeness (QED) is 0.598. The number of pyridine rings is 1. The number of piperazine rings is 1. The van der Waals surface area contributed by atoms with Gasteiger partial charge in [-0.05, 0) is 39.1 Å². The van der Waals surface area contributed by atoms with Crippen molar-refractivity contribution in [3.8, 4) is 5.75 Å². The van der Waals surface area contributed by atoms with Crippen molar-refractivity contribution in [2.24, 2.45) is 0 Å². The van der Waals surface area contributed by atoms with Gasteiger partial charge in [-0.3, -0.25) is 4.98 Å². The van der Waals surface area contributed by atoms with Crippen LogP contribution < -0.4 is 14.4 Å². The number of nitrogens with zero attached hydrogens (tertiary/aromatic N) is 4. The van der Waals surface area contributed by atoms with Crippen LogP contribution in [0.15, 0.2) is 29.6 Å². The van der Waals surface area contributed by atoms with Crippen molar-refractivity contribution in [2.75, 3.05) is 45.2 Å². The molecule has 2 aromatic heterocycles. The molecule has 1 saturated heterocycles. The van der Waals surface area contributed by atoms with Gasteiger partial charge in [0.2, 0.25) is 5.16 Å². The maximum absolute atomic E-state index is 12.9. The molecule has 4 rings (SSSR count). The molecule has 1 aliphatic rings. The molecule has 1 fully saturated rings. The summed E-state index contributed by atoms with van der Waals surface area (Å²) in [6.45, 7) is 7.70. The molecule has 2 N–H and O–H groups in total. The van der Waals surface area contributed by atoms with E-state index in [-0.39, 0.29) is 11.7 Å². The van der Waals surface area contributed by atoms with Crippen molar-refractivity contribution < 1.29 is 13.2 Å². The number of H-pyrrole nitrogens is 1. The molecule has 0 bridgehead atoms. The number of aryl methyl sites for hydroxylation is 1. The Labute approximate surface area is 182 Å². The third-order valence-corrected chi connectivity index (χ3v) is 6.97. The summed E-state index contributed by atoms with van der Waals surface area (Å²) in [5.74, 6) is 0.712. The smallest absolute Gasteiger partial charge is 0.274 e. The zero-order chi connectivity index (χ0) is 22.2. The van der Waals surface area contributed by atoms with E-state index in [1.807, 2.05) is 32.0 Å². The molecule has 31 heavy (non-hydrogen) atoms. The number of anilines is 1. The summed E-state index contributed by atoms with van der Waals surface area (Å²) in [5.41, 5.74) is 4.70. The predicted molar refractivity (Wildman–Crippen MR) is 120 cm³/mol. The van der Waals surface area contributed by atoms with Gasteiger partial charge in [0.05, 0.1) is 30.4 Å². The molecule has 3 heterocycles. The van der Waals surface area contributed by atoms with Gasteiger partial charge in [0.1, 0.15) is 5.75 Å². The van der Waals surface area contributed by atoms with E-state index in [0.717, 1.165) is 43.0 Å². The third-order valence-electron chi connectivity index (χ3n) is 5.75. The summed E-state index contributed by atoms with van der Waals surface area (Å²) >= 11 is 0. The van der Waals surface area contributed by atoms with Crippen LogP contribution in [0.2, 0.25) is 0 Å². The fraction of sp³-hybridized carbons (Fsp3) is 0.429. The average Bonchev–Trinajstić information content (AvgIpc) is 3.18. The van der Waals surface area contributed by atoms with Gasteiger partial charge < -0.3 is 19.5 Å². The standard InChI is InChI=1S/C21H28N6O3S/c1-14-12-22-19(15(2)20(14)30-4)13-23-31(28,29)21-24-17-6-5-16(11-18(17)25-21)27-9-7-26(3)8-10-27/h5-6,11-12,23H,7-10,13H2,1-4H3,(H,24,25). The molecule has 0 amide bonds. The Kier molecular flexibility index (Phi) is 5.87. The summed E-state index contributed by atoms with van der Waals surface area (Å²) in [6, 6.07) is 5.81. The first-order chi connectivity index (χ1) is 14.8. The molecule has 3 aromatic rings. The Morgan fingerprint density at radius 1 is 1.19 bits per heavy atom. The lowest BCUT2D eigenvalue weighted by molar-refractivity contribution is 0.313. The van der Waals surface area contributed by atoms with Gasteiger partial charge in [0.25, 0.3) is 10.0 Å². The highest BCUT2D eigenvalue weighted by Crippen LogP contribution is 2.25. The van der Waals surface area contributed by atoms with Crippen LogP contribution in [0.5, 0.6) is 5.75 Å². The summed E-state index contributed by atoms with van der Waals surface area (Å²) in [5, 5.41) is -0.102. The number of fused-ring (bicyclic) bond motifs is 1. The molecule has 9 nitrogen and oxygen atoms in total. The van der Waals surface area contributed by atoms with Crippen LogP contribution in [-0.2, 0) is 16.6 Å². The van der Waals surface area contributed by atoms with Crippen molar-refractivity contribution >= 4 is 26.7 Å². The van der Waals surface area contributed by atoms with E-state index in [0.29, 0.717) is 22.5 Å². The molecular weight excluding hydrogens is 416 g/mol. The van der Waals surface area contributed by atoms with E-state index in [9.17, 15) is 8.42 Å². The summed E-state index contributed by atoms with van der Waals surface area (Å²) in [4.78, 5) is 16.2. The number of likely N-dealkylation sites (N-methyl/N-ethyl adjacent to an activating group) is 1. The monoisotopic (exact) mass is 444 g/mol. The molecule has 0 saturated carbocycles. The van der Waals surface area contributed by atoms with Crippen molar-refractivity contribution in [2.45, 2.75) is 25.5 Å².